The molecule has 13 nitrogen and oxygen atoms in total. The first kappa shape index (κ1) is 36.3. The molecule has 4 aromatic heterocycles. The fourth-order valence-electron chi connectivity index (χ4n) is 7.57. The van der Waals surface area contributed by atoms with Gasteiger partial charge < -0.3 is 29.7 Å². The van der Waals surface area contributed by atoms with Gasteiger partial charge in [-0.15, -0.1) is 4.98 Å². The maximum Gasteiger partial charge on any atom is 0.288 e. The molecule has 2 amide bonds. The molecule has 1 saturated carbocycles. The van der Waals surface area contributed by atoms with Crippen LogP contribution >= 0.6 is 11.6 Å². The van der Waals surface area contributed by atoms with Crippen LogP contribution < -0.4 is 20.5 Å². The molecule has 276 valence electrons. The number of hydrogen-bond donors (Lipinski definition) is 2. The van der Waals surface area contributed by atoms with Crippen LogP contribution in [0.5, 0.6) is 5.75 Å². The van der Waals surface area contributed by atoms with E-state index in [2.05, 4.69) is 39.9 Å². The van der Waals surface area contributed by atoms with Crippen LogP contribution in [-0.2, 0) is 17.8 Å². The predicted molar refractivity (Wildman–Crippen MR) is 202 cm³/mol. The summed E-state index contributed by atoms with van der Waals surface area (Å²) in [6.07, 6.45) is 10.4. The van der Waals surface area contributed by atoms with E-state index in [0.717, 1.165) is 99.2 Å². The number of aromatic nitrogens is 4. The van der Waals surface area contributed by atoms with Crippen LogP contribution in [0.25, 0.3) is 15.9 Å². The second-order valence-corrected chi connectivity index (χ2v) is 14.6. The number of aromatic amines is 1. The second-order valence-electron chi connectivity index (χ2n) is 14.2. The highest BCUT2D eigenvalue weighted by Gasteiger charge is 2.31. The highest BCUT2D eigenvalue weighted by Crippen LogP contribution is 2.30. The molecule has 6 heterocycles. The average molecular weight is 738 g/mol. The van der Waals surface area contributed by atoms with E-state index >= 15 is 0 Å². The lowest BCUT2D eigenvalue weighted by molar-refractivity contribution is -0.138. The van der Waals surface area contributed by atoms with Crippen LogP contribution in [0.1, 0.15) is 66.9 Å². The third-order valence-electron chi connectivity index (χ3n) is 10.7. The van der Waals surface area contributed by atoms with Crippen molar-refractivity contribution < 1.29 is 14.3 Å². The molecule has 53 heavy (non-hydrogen) atoms. The van der Waals surface area contributed by atoms with E-state index in [1.54, 1.807) is 12.3 Å². The number of nitrogens with one attached hydrogen (secondary N) is 2. The summed E-state index contributed by atoms with van der Waals surface area (Å²) in [5.41, 5.74) is 3.80. The first-order valence-electron chi connectivity index (χ1n) is 18.5. The van der Waals surface area contributed by atoms with E-state index < -0.39 is 0 Å². The third-order valence-corrected chi connectivity index (χ3v) is 11.0. The van der Waals surface area contributed by atoms with E-state index in [0.29, 0.717) is 30.8 Å². The fraction of sp³-hybridized carbons (Fsp3) is 0.462. The van der Waals surface area contributed by atoms with Crippen LogP contribution in [0, 0.1) is 12.5 Å². The Kier molecular flexibility index (Phi) is 11.2. The van der Waals surface area contributed by atoms with Crippen LogP contribution in [0.4, 0.5) is 11.6 Å². The maximum atomic E-state index is 13.5. The van der Waals surface area contributed by atoms with Gasteiger partial charge in [0.15, 0.2) is 11.9 Å². The standard InChI is InChI=1S/C39H44ClN9O4/c1-3-26-19-33-34(46-37(26)50)18-25(21-42-33)24-47-14-16-49(17-15-47)39(52)27-10-12-48(13-11-27)35-9-4-28(22-43-35)38(51)45-29-5-7-30(8-6-29)53-31-20-32(40)36(41-2)44-23-31/h4,9,18-23,27,29-30H,3,5-8,10-17,24H2,1H3,(H,45,51)(H,46,50). The zero-order chi connectivity index (χ0) is 36.9. The number of hydrogen-bond acceptors (Lipinski definition) is 9. The SMILES string of the molecule is [C-]#[N+]c1ncc(OC2CCC(NC(=O)c3ccc(N4CCC(C(=O)N5CCN(Cc6cnc7cc(CC)c(=O)[nH]c7c6)CC5)CC4)nc3)CC2)cc1Cl. The Labute approximate surface area is 313 Å². The van der Waals surface area contributed by atoms with Gasteiger partial charge in [-0.25, -0.2) is 4.98 Å². The molecule has 7 rings (SSSR count). The van der Waals surface area contributed by atoms with Crippen LogP contribution in [-0.4, -0.2) is 93.0 Å². The van der Waals surface area contributed by atoms with Crippen molar-refractivity contribution in [1.82, 2.24) is 35.1 Å². The Hall–Kier alpha value is -5.06. The normalized spacial score (nSPS) is 19.9. The van der Waals surface area contributed by atoms with Crippen molar-refractivity contribution in [1.29, 1.82) is 0 Å². The van der Waals surface area contributed by atoms with E-state index in [1.165, 1.54) is 6.20 Å². The summed E-state index contributed by atoms with van der Waals surface area (Å²) in [6.45, 7) is 14.2. The van der Waals surface area contributed by atoms with Gasteiger partial charge in [-0.3, -0.25) is 24.3 Å². The van der Waals surface area contributed by atoms with Crippen molar-refractivity contribution in [3.63, 3.8) is 0 Å². The summed E-state index contributed by atoms with van der Waals surface area (Å²) >= 11 is 6.09. The first-order chi connectivity index (χ1) is 25.8. The molecule has 14 heteroatoms. The largest absolute Gasteiger partial charge is 0.487 e. The van der Waals surface area contributed by atoms with Crippen molar-refractivity contribution in [3.8, 4) is 5.75 Å². The number of nitrogens with zero attached hydrogens (tertiary/aromatic N) is 7. The van der Waals surface area contributed by atoms with E-state index in [1.807, 2.05) is 42.3 Å². The van der Waals surface area contributed by atoms with Gasteiger partial charge in [0.25, 0.3) is 17.3 Å². The molecule has 3 fully saturated rings. The van der Waals surface area contributed by atoms with Gasteiger partial charge in [-0.1, -0.05) is 25.1 Å². The molecule has 0 bridgehead atoms. The molecule has 0 atom stereocenters. The number of ether oxygens (including phenoxy) is 1. The number of piperazine rings is 1. The number of pyridine rings is 4. The van der Waals surface area contributed by atoms with Crippen LogP contribution in [0.2, 0.25) is 5.02 Å². The van der Waals surface area contributed by atoms with Crippen LogP contribution in [0.3, 0.4) is 0 Å². The van der Waals surface area contributed by atoms with E-state index in [-0.39, 0.29) is 46.3 Å². The minimum atomic E-state index is -0.140. The summed E-state index contributed by atoms with van der Waals surface area (Å²) in [4.78, 5) is 64.8. The molecule has 2 N–H and O–H groups in total. The first-order valence-corrected chi connectivity index (χ1v) is 18.9. The molecular weight excluding hydrogens is 694 g/mol. The molecule has 3 aliphatic rings. The van der Waals surface area contributed by atoms with Gasteiger partial charge in [0.2, 0.25) is 5.91 Å². The number of H-pyrrole nitrogens is 1. The lowest BCUT2D eigenvalue weighted by Gasteiger charge is -2.38. The summed E-state index contributed by atoms with van der Waals surface area (Å²) in [7, 11) is 0. The molecule has 0 aromatic carbocycles. The number of halogens is 1. The molecule has 0 radical (unpaired) electrons. The van der Waals surface area contributed by atoms with Crippen molar-refractivity contribution in [2.24, 2.45) is 5.92 Å². The molecule has 2 aliphatic heterocycles. The van der Waals surface area contributed by atoms with E-state index in [4.69, 9.17) is 22.9 Å². The monoisotopic (exact) mass is 737 g/mol. The Morgan fingerprint density at radius 1 is 0.962 bits per heavy atom. The smallest absolute Gasteiger partial charge is 0.288 e. The van der Waals surface area contributed by atoms with E-state index in [9.17, 15) is 14.4 Å². The lowest BCUT2D eigenvalue weighted by Crippen LogP contribution is -2.51. The Bertz CT molecular complexity index is 2040. The number of rotatable bonds is 9. The zero-order valence-electron chi connectivity index (χ0n) is 29.9. The summed E-state index contributed by atoms with van der Waals surface area (Å²) in [6, 6.07) is 9.26. The highest BCUT2D eigenvalue weighted by molar-refractivity contribution is 6.33. The van der Waals surface area contributed by atoms with Crippen molar-refractivity contribution in [2.45, 2.75) is 70.6 Å². The summed E-state index contributed by atoms with van der Waals surface area (Å²) in [5.74, 6) is 1.61. The van der Waals surface area contributed by atoms with Gasteiger partial charge >= 0.3 is 0 Å². The van der Waals surface area contributed by atoms with Gasteiger partial charge in [0.05, 0.1) is 27.7 Å². The van der Waals surface area contributed by atoms with Crippen molar-refractivity contribution in [2.75, 3.05) is 44.2 Å². The van der Waals surface area contributed by atoms with Gasteiger partial charge in [-0.2, -0.15) is 0 Å². The van der Waals surface area contributed by atoms with Gasteiger partial charge in [0.1, 0.15) is 5.82 Å². The maximum absolute atomic E-state index is 13.5. The molecule has 0 unspecified atom stereocenters. The van der Waals surface area contributed by atoms with Crippen molar-refractivity contribution in [3.05, 3.63) is 92.4 Å². The molecule has 2 saturated heterocycles. The Balaban J connectivity index is 0.822. The van der Waals surface area contributed by atoms with Gasteiger partial charge in [-0.05, 0) is 80.8 Å². The topological polar surface area (TPSA) is 141 Å². The molecule has 4 aromatic rings. The second kappa shape index (κ2) is 16.3. The zero-order valence-corrected chi connectivity index (χ0v) is 30.6. The number of aryl methyl sites for hydroxylation is 1. The quantitative estimate of drug-likeness (QED) is 0.223. The lowest BCUT2D eigenvalue weighted by atomic mass is 9.92. The molecular formula is C39H44ClN9O4. The number of piperidine rings is 1. The fourth-order valence-corrected chi connectivity index (χ4v) is 7.77. The van der Waals surface area contributed by atoms with Gasteiger partial charge in [0, 0.05) is 75.7 Å². The summed E-state index contributed by atoms with van der Waals surface area (Å²) in [5, 5.41) is 3.42. The number of amides is 2. The Morgan fingerprint density at radius 3 is 2.42 bits per heavy atom. The van der Waals surface area contributed by atoms with Crippen molar-refractivity contribution >= 4 is 46.1 Å². The minimum absolute atomic E-state index is 0.0000610. The average Bonchev–Trinajstić information content (AvgIpc) is 3.18. The number of anilines is 1. The number of fused-ring (bicyclic) bond motifs is 1. The summed E-state index contributed by atoms with van der Waals surface area (Å²) < 4.78 is 6.02. The Morgan fingerprint density at radius 2 is 1.74 bits per heavy atom. The third kappa shape index (κ3) is 8.61. The molecule has 0 spiro atoms. The molecule has 1 aliphatic carbocycles. The van der Waals surface area contributed by atoms with Crippen LogP contribution in [0.15, 0.2) is 53.7 Å². The number of carbonyl (C=O) groups excluding carboxylic acids is 2. The highest BCUT2D eigenvalue weighted by atomic mass is 35.5. The number of carbonyl (C=O) groups is 2. The predicted octanol–water partition coefficient (Wildman–Crippen LogP) is 5.16. The minimum Gasteiger partial charge on any atom is -0.487 e.